The minimum Gasteiger partial charge on any atom is -0.298 e. The molecule has 0 saturated heterocycles. The van der Waals surface area contributed by atoms with Crippen molar-refractivity contribution in [3.8, 4) is 0 Å². The predicted molar refractivity (Wildman–Crippen MR) is 96.3 cm³/mol. The fraction of sp³-hybridized carbons (Fsp3) is 0.389. The van der Waals surface area contributed by atoms with Crippen molar-refractivity contribution in [2.75, 3.05) is 0 Å². The molecule has 8 nitrogen and oxygen atoms in total. The number of nitrogens with one attached hydrogen (secondary N) is 1. The maximum Gasteiger partial charge on any atom is 2.00 e. The molecule has 0 radical (unpaired) electrons. The molecule has 3 rings (SSSR count). The quantitative estimate of drug-likeness (QED) is 0.462. The summed E-state index contributed by atoms with van der Waals surface area (Å²) in [5.74, 6) is -0.656. The number of aromatic amines is 1. The van der Waals surface area contributed by atoms with Gasteiger partial charge in [-0.25, -0.2) is 0 Å². The van der Waals surface area contributed by atoms with Gasteiger partial charge in [0.25, 0.3) is 17.4 Å². The third kappa shape index (κ3) is 3.39. The van der Waals surface area contributed by atoms with Crippen molar-refractivity contribution >= 4 is 23.2 Å². The minimum atomic E-state index is -0.355. The van der Waals surface area contributed by atoms with E-state index in [1.54, 1.807) is 32.2 Å². The molecular weight excluding hydrogens is 393 g/mol. The standard InChI is InChI=1S/C18H21N5O3.Ni/c1-5-11(6-2)23-16(24)12-8-7-9-13(14(12)17(23)25)19-20-15-10(3)21-22(4)18(15)26;/h7-9,11,21H,5-6H2,1-4H3;/q;+2. The van der Waals surface area contributed by atoms with E-state index in [4.69, 9.17) is 0 Å². The normalized spacial score (nSPS) is 13.6. The molecule has 0 bridgehead atoms. The summed E-state index contributed by atoms with van der Waals surface area (Å²) in [4.78, 5) is 38.9. The van der Waals surface area contributed by atoms with Gasteiger partial charge >= 0.3 is 16.5 Å². The van der Waals surface area contributed by atoms with Gasteiger partial charge in [0.2, 0.25) is 0 Å². The Morgan fingerprint density at radius 1 is 1.07 bits per heavy atom. The summed E-state index contributed by atoms with van der Waals surface area (Å²) >= 11 is 0. The summed E-state index contributed by atoms with van der Waals surface area (Å²) in [6, 6.07) is 4.76. The summed E-state index contributed by atoms with van der Waals surface area (Å²) in [7, 11) is 1.59. The van der Waals surface area contributed by atoms with Gasteiger partial charge in [-0.15, -0.1) is 10.2 Å². The fourth-order valence-electron chi connectivity index (χ4n) is 3.25. The van der Waals surface area contributed by atoms with Gasteiger partial charge < -0.3 is 0 Å². The van der Waals surface area contributed by atoms with Crippen LogP contribution in [0.15, 0.2) is 33.2 Å². The molecule has 1 aromatic carbocycles. The molecule has 2 heterocycles. The van der Waals surface area contributed by atoms with E-state index in [9.17, 15) is 14.4 Å². The van der Waals surface area contributed by atoms with Crippen molar-refractivity contribution < 1.29 is 26.1 Å². The molecule has 0 atom stereocenters. The number of benzene rings is 1. The second-order valence-corrected chi connectivity index (χ2v) is 6.30. The van der Waals surface area contributed by atoms with Crippen LogP contribution in [-0.4, -0.2) is 32.5 Å². The van der Waals surface area contributed by atoms with Gasteiger partial charge in [0, 0.05) is 13.1 Å². The molecule has 1 N–H and O–H groups in total. The van der Waals surface area contributed by atoms with Crippen LogP contribution in [0, 0.1) is 6.92 Å². The van der Waals surface area contributed by atoms with Crippen LogP contribution in [0.25, 0.3) is 0 Å². The SMILES string of the molecule is CCC(CC)N1C(=O)c2cccc(N=Nc3c(C)[nH]n(C)c3=O)c2C1=O.[Ni+2]. The summed E-state index contributed by atoms with van der Waals surface area (Å²) in [6.07, 6.45) is 1.38. The molecule has 0 spiro atoms. The first kappa shape index (κ1) is 20.8. The van der Waals surface area contributed by atoms with Gasteiger partial charge in [0.1, 0.15) is 0 Å². The first-order valence-corrected chi connectivity index (χ1v) is 8.58. The molecule has 0 fully saturated rings. The van der Waals surface area contributed by atoms with Crippen molar-refractivity contribution in [3.05, 3.63) is 45.4 Å². The maximum atomic E-state index is 12.9. The first-order chi connectivity index (χ1) is 12.4. The fourth-order valence-corrected chi connectivity index (χ4v) is 3.25. The zero-order valence-electron chi connectivity index (χ0n) is 15.6. The van der Waals surface area contributed by atoms with E-state index in [0.29, 0.717) is 24.1 Å². The van der Waals surface area contributed by atoms with E-state index in [2.05, 4.69) is 15.3 Å². The number of azo groups is 1. The van der Waals surface area contributed by atoms with Crippen LogP contribution in [0.2, 0.25) is 0 Å². The van der Waals surface area contributed by atoms with Crippen molar-refractivity contribution in [2.24, 2.45) is 17.3 Å². The van der Waals surface area contributed by atoms with Crippen molar-refractivity contribution in [2.45, 2.75) is 39.7 Å². The van der Waals surface area contributed by atoms with Gasteiger partial charge in [0.05, 0.1) is 22.5 Å². The number of hydrogen-bond donors (Lipinski definition) is 1. The topological polar surface area (TPSA) is 99.9 Å². The molecule has 2 amide bonds. The minimum absolute atomic E-state index is 0. The average molecular weight is 414 g/mol. The summed E-state index contributed by atoms with van der Waals surface area (Å²) in [5, 5.41) is 11.0. The van der Waals surface area contributed by atoms with Crippen LogP contribution >= 0.6 is 0 Å². The molecule has 9 heteroatoms. The van der Waals surface area contributed by atoms with Crippen LogP contribution < -0.4 is 5.56 Å². The molecule has 2 aromatic rings. The van der Waals surface area contributed by atoms with Gasteiger partial charge in [0.15, 0.2) is 5.69 Å². The number of amides is 2. The molecule has 27 heavy (non-hydrogen) atoms. The number of H-pyrrole nitrogens is 1. The predicted octanol–water partition coefficient (Wildman–Crippen LogP) is 3.22. The number of imide groups is 1. The monoisotopic (exact) mass is 413 g/mol. The van der Waals surface area contributed by atoms with Crippen molar-refractivity contribution in [1.29, 1.82) is 0 Å². The van der Waals surface area contributed by atoms with Crippen LogP contribution in [-0.2, 0) is 23.5 Å². The Balaban J connectivity index is 0.00000261. The van der Waals surface area contributed by atoms with E-state index in [1.165, 1.54) is 9.58 Å². The third-order valence-electron chi connectivity index (χ3n) is 4.69. The third-order valence-corrected chi connectivity index (χ3v) is 4.69. The summed E-state index contributed by atoms with van der Waals surface area (Å²) in [6.45, 7) is 5.61. The summed E-state index contributed by atoms with van der Waals surface area (Å²) in [5.41, 5.74) is 1.32. The number of hydrogen-bond acceptors (Lipinski definition) is 5. The molecule has 1 aliphatic heterocycles. The number of nitrogens with zero attached hydrogens (tertiary/aromatic N) is 4. The molecule has 144 valence electrons. The average Bonchev–Trinajstić information content (AvgIpc) is 3.02. The van der Waals surface area contributed by atoms with Gasteiger partial charge in [-0.05, 0) is 31.9 Å². The van der Waals surface area contributed by atoms with Gasteiger partial charge in [-0.2, -0.15) is 0 Å². The van der Waals surface area contributed by atoms with E-state index in [-0.39, 0.29) is 56.8 Å². The number of carbonyl (C=O) groups excluding carboxylic acids is 2. The number of fused-ring (bicyclic) bond motifs is 1. The Hall–Kier alpha value is -2.54. The van der Waals surface area contributed by atoms with E-state index in [0.717, 1.165) is 0 Å². The largest absolute Gasteiger partial charge is 2.00 e. The maximum absolute atomic E-state index is 12.9. The van der Waals surface area contributed by atoms with Crippen LogP contribution in [0.4, 0.5) is 11.4 Å². The Morgan fingerprint density at radius 3 is 2.30 bits per heavy atom. The van der Waals surface area contributed by atoms with Crippen LogP contribution in [0.1, 0.15) is 53.1 Å². The second kappa shape index (κ2) is 8.00. The van der Waals surface area contributed by atoms with Gasteiger partial charge in [-0.3, -0.25) is 29.1 Å². The summed E-state index contributed by atoms with van der Waals surface area (Å²) < 4.78 is 1.31. The van der Waals surface area contributed by atoms with E-state index >= 15 is 0 Å². The number of rotatable bonds is 5. The molecule has 1 aromatic heterocycles. The van der Waals surface area contributed by atoms with E-state index < -0.39 is 0 Å². The molecule has 0 unspecified atom stereocenters. The molecule has 1 aliphatic rings. The van der Waals surface area contributed by atoms with E-state index in [1.807, 2.05) is 13.8 Å². The molecular formula is C18H21N5NiO3+2. The smallest absolute Gasteiger partial charge is 0.298 e. The zero-order valence-corrected chi connectivity index (χ0v) is 16.5. The zero-order chi connectivity index (χ0) is 19.0. The van der Waals surface area contributed by atoms with Crippen molar-refractivity contribution in [1.82, 2.24) is 14.7 Å². The van der Waals surface area contributed by atoms with Crippen LogP contribution in [0.3, 0.4) is 0 Å². The number of aryl methyl sites for hydroxylation is 2. The Morgan fingerprint density at radius 2 is 1.74 bits per heavy atom. The Bertz CT molecular complexity index is 972. The number of carbonyl (C=O) groups is 2. The molecule has 0 saturated carbocycles. The Labute approximate surface area is 166 Å². The van der Waals surface area contributed by atoms with Crippen LogP contribution in [0.5, 0.6) is 0 Å². The Kier molecular flexibility index (Phi) is 6.16. The number of aromatic nitrogens is 2. The molecule has 0 aliphatic carbocycles. The van der Waals surface area contributed by atoms with Gasteiger partial charge in [-0.1, -0.05) is 19.9 Å². The second-order valence-electron chi connectivity index (χ2n) is 6.30. The first-order valence-electron chi connectivity index (χ1n) is 8.58. The van der Waals surface area contributed by atoms with Crippen molar-refractivity contribution in [3.63, 3.8) is 0 Å².